The Morgan fingerprint density at radius 3 is 2.11 bits per heavy atom. The highest BCUT2D eigenvalue weighted by atomic mass is 16.7. The molecule has 1 aromatic carbocycles. The summed E-state index contributed by atoms with van der Waals surface area (Å²) < 4.78 is 12.1. The van der Waals surface area contributed by atoms with E-state index in [0.29, 0.717) is 13.1 Å². The molecule has 2 aliphatic heterocycles. The number of rotatable bonds is 5. The van der Waals surface area contributed by atoms with Gasteiger partial charge in [0.15, 0.2) is 0 Å². The molecule has 0 unspecified atom stereocenters. The molecule has 0 aromatic heterocycles. The van der Waals surface area contributed by atoms with Crippen molar-refractivity contribution < 1.29 is 18.9 Å². The minimum absolute atomic E-state index is 0.123. The molecule has 0 spiro atoms. The first-order valence-corrected chi connectivity index (χ1v) is 9.54. The van der Waals surface area contributed by atoms with Gasteiger partial charge in [-0.1, -0.05) is 38.1 Å². The smallest absolute Gasteiger partial charge is 0.399 e. The largest absolute Gasteiger partial charge is 0.494 e. The maximum absolute atomic E-state index is 12.5. The second-order valence-corrected chi connectivity index (χ2v) is 8.87. The molecular weight excluding hydrogens is 343 g/mol. The van der Waals surface area contributed by atoms with Gasteiger partial charge in [-0.25, -0.2) is 4.79 Å². The van der Waals surface area contributed by atoms with Crippen LogP contribution in [0.25, 0.3) is 0 Å². The van der Waals surface area contributed by atoms with Crippen molar-refractivity contribution in [3.8, 4) is 0 Å². The standard InChI is InChI=1S/C20H29BN2O4/c1-14(2)11-23-17(24)13-22(18(23)25)12-15-7-9-16(10-8-15)21-26-19(3,4)20(5,6)27-21/h7-10,14H,11-13H2,1-6H3. The SMILES string of the molecule is CC(C)CN1C(=O)CN(Cc2ccc(B3OC(C)(C)C(C)(C)O3)cc2)C1=O. The van der Waals surface area contributed by atoms with Crippen LogP contribution in [0.3, 0.4) is 0 Å². The van der Waals surface area contributed by atoms with E-state index in [0.717, 1.165) is 11.0 Å². The first-order chi connectivity index (χ1) is 12.5. The normalized spacial score (nSPS) is 21.7. The van der Waals surface area contributed by atoms with Crippen LogP contribution in [0, 0.1) is 5.92 Å². The first kappa shape index (κ1) is 19.9. The summed E-state index contributed by atoms with van der Waals surface area (Å²) in [5, 5.41) is 0. The number of nitrogens with zero attached hydrogens (tertiary/aromatic N) is 2. The predicted molar refractivity (Wildman–Crippen MR) is 105 cm³/mol. The molecule has 1 aromatic rings. The van der Waals surface area contributed by atoms with Crippen molar-refractivity contribution in [3.63, 3.8) is 0 Å². The van der Waals surface area contributed by atoms with Crippen LogP contribution in [0.15, 0.2) is 24.3 Å². The molecule has 3 rings (SSSR count). The Morgan fingerprint density at radius 1 is 1.04 bits per heavy atom. The summed E-state index contributed by atoms with van der Waals surface area (Å²) in [7, 11) is -0.402. The van der Waals surface area contributed by atoms with Crippen LogP contribution in [0.1, 0.15) is 47.1 Å². The van der Waals surface area contributed by atoms with Crippen LogP contribution in [-0.4, -0.2) is 53.1 Å². The molecule has 0 N–H and O–H groups in total. The zero-order valence-corrected chi connectivity index (χ0v) is 17.1. The van der Waals surface area contributed by atoms with Crippen LogP contribution >= 0.6 is 0 Å². The molecule has 3 amide bonds. The van der Waals surface area contributed by atoms with Gasteiger partial charge >= 0.3 is 13.1 Å². The summed E-state index contributed by atoms with van der Waals surface area (Å²) in [5.74, 6) is 0.139. The molecule has 0 radical (unpaired) electrons. The lowest BCUT2D eigenvalue weighted by Gasteiger charge is -2.32. The fourth-order valence-electron chi connectivity index (χ4n) is 3.24. The van der Waals surface area contributed by atoms with E-state index in [1.807, 2.05) is 65.8 Å². The Hall–Kier alpha value is -1.86. The monoisotopic (exact) mass is 372 g/mol. The van der Waals surface area contributed by atoms with E-state index in [2.05, 4.69) is 0 Å². The topological polar surface area (TPSA) is 59.1 Å². The van der Waals surface area contributed by atoms with Crippen molar-refractivity contribution in [1.29, 1.82) is 0 Å². The highest BCUT2D eigenvalue weighted by Gasteiger charge is 2.51. The van der Waals surface area contributed by atoms with Crippen molar-refractivity contribution in [2.75, 3.05) is 13.1 Å². The average Bonchev–Trinajstić information content (AvgIpc) is 2.94. The van der Waals surface area contributed by atoms with Gasteiger partial charge in [0.1, 0.15) is 6.54 Å². The van der Waals surface area contributed by atoms with E-state index in [1.54, 1.807) is 4.90 Å². The van der Waals surface area contributed by atoms with E-state index in [4.69, 9.17) is 9.31 Å². The minimum atomic E-state index is -0.402. The molecule has 27 heavy (non-hydrogen) atoms. The number of hydrogen-bond donors (Lipinski definition) is 0. The van der Waals surface area contributed by atoms with Gasteiger partial charge in [-0.3, -0.25) is 9.69 Å². The molecule has 2 fully saturated rings. The molecule has 2 heterocycles. The Morgan fingerprint density at radius 2 is 1.59 bits per heavy atom. The third-order valence-electron chi connectivity index (χ3n) is 5.55. The van der Waals surface area contributed by atoms with Gasteiger partial charge in [0.2, 0.25) is 5.91 Å². The highest BCUT2D eigenvalue weighted by molar-refractivity contribution is 6.62. The third-order valence-corrected chi connectivity index (χ3v) is 5.55. The van der Waals surface area contributed by atoms with Crippen LogP contribution in [0.2, 0.25) is 0 Å². The van der Waals surface area contributed by atoms with Gasteiger partial charge in [-0.05, 0) is 44.6 Å². The summed E-state index contributed by atoms with van der Waals surface area (Å²) in [4.78, 5) is 27.5. The number of imide groups is 1. The van der Waals surface area contributed by atoms with Gasteiger partial charge in [-0.2, -0.15) is 0 Å². The number of amides is 3. The maximum atomic E-state index is 12.5. The fraction of sp³-hybridized carbons (Fsp3) is 0.600. The molecule has 2 saturated heterocycles. The van der Waals surface area contributed by atoms with E-state index in [9.17, 15) is 9.59 Å². The van der Waals surface area contributed by atoms with Crippen molar-refractivity contribution in [2.24, 2.45) is 5.92 Å². The number of carbonyl (C=O) groups excluding carboxylic acids is 2. The van der Waals surface area contributed by atoms with Crippen molar-refractivity contribution >= 4 is 24.5 Å². The third kappa shape index (κ3) is 3.89. The molecule has 0 bridgehead atoms. The van der Waals surface area contributed by atoms with Gasteiger partial charge in [0, 0.05) is 13.1 Å². The summed E-state index contributed by atoms with van der Waals surface area (Å²) in [6.45, 7) is 13.1. The zero-order valence-electron chi connectivity index (χ0n) is 17.1. The van der Waals surface area contributed by atoms with E-state index in [-0.39, 0.29) is 35.6 Å². The second kappa shape index (κ2) is 6.95. The Labute approximate surface area is 161 Å². The fourth-order valence-corrected chi connectivity index (χ4v) is 3.24. The summed E-state index contributed by atoms with van der Waals surface area (Å²) in [6, 6.07) is 7.65. The lowest BCUT2D eigenvalue weighted by molar-refractivity contribution is -0.125. The van der Waals surface area contributed by atoms with E-state index < -0.39 is 7.12 Å². The van der Waals surface area contributed by atoms with Gasteiger partial charge in [0.05, 0.1) is 11.2 Å². The average molecular weight is 372 g/mol. The van der Waals surface area contributed by atoms with Crippen molar-refractivity contribution in [2.45, 2.75) is 59.3 Å². The molecule has 0 atom stereocenters. The number of carbonyl (C=O) groups is 2. The molecule has 6 nitrogen and oxygen atoms in total. The lowest BCUT2D eigenvalue weighted by Crippen LogP contribution is -2.41. The van der Waals surface area contributed by atoms with Crippen LogP contribution < -0.4 is 5.46 Å². The first-order valence-electron chi connectivity index (χ1n) is 9.54. The second-order valence-electron chi connectivity index (χ2n) is 8.87. The Balaban J connectivity index is 1.65. The van der Waals surface area contributed by atoms with Crippen LogP contribution in [-0.2, 0) is 20.6 Å². The van der Waals surface area contributed by atoms with Gasteiger partial charge in [-0.15, -0.1) is 0 Å². The molecule has 146 valence electrons. The Kier molecular flexibility index (Phi) is 5.12. The zero-order chi connectivity index (χ0) is 20.0. The van der Waals surface area contributed by atoms with Crippen LogP contribution in [0.4, 0.5) is 4.79 Å². The molecule has 7 heteroatoms. The van der Waals surface area contributed by atoms with E-state index >= 15 is 0 Å². The van der Waals surface area contributed by atoms with Gasteiger partial charge in [0.25, 0.3) is 0 Å². The quantitative estimate of drug-likeness (QED) is 0.588. The number of hydrogen-bond acceptors (Lipinski definition) is 4. The molecule has 0 aliphatic carbocycles. The lowest BCUT2D eigenvalue weighted by atomic mass is 9.79. The van der Waals surface area contributed by atoms with Gasteiger partial charge < -0.3 is 14.2 Å². The number of urea groups is 1. The minimum Gasteiger partial charge on any atom is -0.399 e. The molecule has 2 aliphatic rings. The summed E-state index contributed by atoms with van der Waals surface area (Å²) in [5.41, 5.74) is 1.17. The maximum Gasteiger partial charge on any atom is 0.494 e. The highest BCUT2D eigenvalue weighted by Crippen LogP contribution is 2.36. The number of benzene rings is 1. The summed E-state index contributed by atoms with van der Waals surface area (Å²) >= 11 is 0. The van der Waals surface area contributed by atoms with Crippen molar-refractivity contribution in [3.05, 3.63) is 29.8 Å². The predicted octanol–water partition coefficient (Wildman–Crippen LogP) is 2.41. The molecular formula is C20H29BN2O4. The molecule has 0 saturated carbocycles. The Bertz CT molecular complexity index is 714. The van der Waals surface area contributed by atoms with Crippen molar-refractivity contribution in [1.82, 2.24) is 9.80 Å². The van der Waals surface area contributed by atoms with E-state index in [1.165, 1.54) is 4.90 Å². The van der Waals surface area contributed by atoms with Crippen LogP contribution in [0.5, 0.6) is 0 Å². The summed E-state index contributed by atoms with van der Waals surface area (Å²) in [6.07, 6.45) is 0.